The van der Waals surface area contributed by atoms with Crippen molar-refractivity contribution in [2.75, 3.05) is 26.2 Å². The number of pyridine rings is 1. The van der Waals surface area contributed by atoms with E-state index in [1.54, 1.807) is 6.20 Å². The summed E-state index contributed by atoms with van der Waals surface area (Å²) in [6.45, 7) is 1.52. The second kappa shape index (κ2) is 10.9. The molecule has 2 aliphatic rings. The number of halogens is 3. The van der Waals surface area contributed by atoms with Gasteiger partial charge in [-0.15, -0.1) is 0 Å². The first-order valence-electron chi connectivity index (χ1n) is 12.7. The molecule has 1 fully saturated rings. The number of imidazole rings is 1. The van der Waals surface area contributed by atoms with Crippen molar-refractivity contribution in [2.45, 2.75) is 57.5 Å². The lowest BCUT2D eigenvalue weighted by atomic mass is 9.78. The Hall–Kier alpha value is -2.46. The van der Waals surface area contributed by atoms with Crippen LogP contribution in [0.15, 0.2) is 30.6 Å². The molecule has 0 bridgehead atoms. The monoisotopic (exact) mass is 520 g/mol. The number of alkyl halides is 3. The molecular formula is C26H31F3N4O2S. The number of nitrogens with zero attached hydrogens (tertiary/aromatic N) is 4. The largest absolute Gasteiger partial charge is 0.460 e. The molecule has 194 valence electrons. The molecule has 1 saturated carbocycles. The average Bonchev–Trinajstić information content (AvgIpc) is 3.45. The minimum Gasteiger partial charge on any atom is -0.460 e. The molecule has 4 heterocycles. The summed E-state index contributed by atoms with van der Waals surface area (Å²) in [7, 11) is 0. The molecule has 0 amide bonds. The quantitative estimate of drug-likeness (QED) is 0.362. The van der Waals surface area contributed by atoms with Crippen LogP contribution in [0, 0.1) is 11.8 Å². The summed E-state index contributed by atoms with van der Waals surface area (Å²) in [6.07, 6.45) is 7.04. The van der Waals surface area contributed by atoms with E-state index < -0.39 is 12.8 Å². The fourth-order valence-corrected chi connectivity index (χ4v) is 6.39. The van der Waals surface area contributed by atoms with Crippen LogP contribution in [0.4, 0.5) is 13.2 Å². The molecule has 3 aromatic heterocycles. The fraction of sp³-hybridized carbons (Fsp3) is 0.577. The van der Waals surface area contributed by atoms with Gasteiger partial charge in [0, 0.05) is 43.2 Å². The first-order chi connectivity index (χ1) is 17.3. The van der Waals surface area contributed by atoms with Crippen molar-refractivity contribution < 1.29 is 22.7 Å². The van der Waals surface area contributed by atoms with Crippen molar-refractivity contribution in [3.05, 3.63) is 46.9 Å². The Labute approximate surface area is 212 Å². The van der Waals surface area contributed by atoms with Gasteiger partial charge in [0.15, 0.2) is 12.4 Å². The lowest BCUT2D eigenvalue weighted by Gasteiger charge is -2.30. The van der Waals surface area contributed by atoms with Crippen LogP contribution in [0.1, 0.15) is 59.6 Å². The second-order valence-electron chi connectivity index (χ2n) is 9.96. The summed E-state index contributed by atoms with van der Waals surface area (Å²) in [6, 6.07) is 5.69. The second-order valence-corrected chi connectivity index (χ2v) is 11.0. The number of fused-ring (bicyclic) bond motifs is 2. The van der Waals surface area contributed by atoms with Crippen molar-refractivity contribution in [1.29, 1.82) is 0 Å². The van der Waals surface area contributed by atoms with Crippen LogP contribution < -0.4 is 4.74 Å². The lowest BCUT2D eigenvalue weighted by molar-refractivity contribution is -0.153. The fourth-order valence-electron chi connectivity index (χ4n) is 5.45. The number of hydrogen-bond donors (Lipinski definition) is 0. The highest BCUT2D eigenvalue weighted by Crippen LogP contribution is 2.34. The first kappa shape index (κ1) is 25.2. The van der Waals surface area contributed by atoms with E-state index in [1.165, 1.54) is 11.3 Å². The topological polar surface area (TPSA) is 59.7 Å². The number of aromatic nitrogens is 3. The van der Waals surface area contributed by atoms with Crippen LogP contribution in [0.3, 0.4) is 0 Å². The van der Waals surface area contributed by atoms with Crippen molar-refractivity contribution in [3.8, 4) is 5.19 Å². The van der Waals surface area contributed by atoms with E-state index >= 15 is 0 Å². The Balaban J connectivity index is 1.03. The van der Waals surface area contributed by atoms with Gasteiger partial charge >= 0.3 is 6.18 Å². The maximum Gasteiger partial charge on any atom is 0.422 e. The molecular weight excluding hydrogens is 489 g/mol. The maximum absolute atomic E-state index is 12.9. The smallest absolute Gasteiger partial charge is 0.422 e. The van der Waals surface area contributed by atoms with E-state index in [-0.39, 0.29) is 11.0 Å². The van der Waals surface area contributed by atoms with Crippen molar-refractivity contribution in [2.24, 2.45) is 11.8 Å². The van der Waals surface area contributed by atoms with Crippen molar-refractivity contribution in [3.63, 3.8) is 0 Å². The van der Waals surface area contributed by atoms with Crippen molar-refractivity contribution in [1.82, 2.24) is 19.3 Å². The van der Waals surface area contributed by atoms with E-state index in [2.05, 4.69) is 14.9 Å². The SMILES string of the molecule is O=C(CC1CCC(CCN2CCc3nc(OCC(F)(F)F)sc3CC2)CC1)c1cccc2nccn12. The van der Waals surface area contributed by atoms with Crippen LogP contribution in [0.5, 0.6) is 5.19 Å². The molecule has 3 aromatic rings. The summed E-state index contributed by atoms with van der Waals surface area (Å²) < 4.78 is 43.9. The molecule has 0 aromatic carbocycles. The lowest BCUT2D eigenvalue weighted by Crippen LogP contribution is -2.30. The van der Waals surface area contributed by atoms with E-state index in [4.69, 9.17) is 4.74 Å². The van der Waals surface area contributed by atoms with E-state index in [0.29, 0.717) is 18.3 Å². The molecule has 36 heavy (non-hydrogen) atoms. The van der Waals surface area contributed by atoms with Gasteiger partial charge in [-0.1, -0.05) is 30.2 Å². The van der Waals surface area contributed by atoms with Gasteiger partial charge in [-0.05, 0) is 56.2 Å². The zero-order chi connectivity index (χ0) is 25.1. The first-order valence-corrected chi connectivity index (χ1v) is 13.5. The molecule has 10 heteroatoms. The Morgan fingerprint density at radius 3 is 2.69 bits per heavy atom. The summed E-state index contributed by atoms with van der Waals surface area (Å²) in [4.78, 5) is 25.0. The van der Waals surface area contributed by atoms with Crippen LogP contribution >= 0.6 is 11.3 Å². The summed E-state index contributed by atoms with van der Waals surface area (Å²) in [5.41, 5.74) is 2.41. The number of hydrogen-bond acceptors (Lipinski definition) is 6. The predicted octanol–water partition coefficient (Wildman–Crippen LogP) is 5.60. The third-order valence-corrected chi connectivity index (χ3v) is 8.52. The third kappa shape index (κ3) is 6.26. The van der Waals surface area contributed by atoms with Gasteiger partial charge in [-0.3, -0.25) is 9.20 Å². The number of ether oxygens (including phenoxy) is 1. The van der Waals surface area contributed by atoms with Gasteiger partial charge in [0.2, 0.25) is 0 Å². The van der Waals surface area contributed by atoms with Crippen LogP contribution in [-0.4, -0.2) is 57.5 Å². The summed E-state index contributed by atoms with van der Waals surface area (Å²) in [5, 5.41) is 0.128. The van der Waals surface area contributed by atoms with Gasteiger partial charge in [0.1, 0.15) is 5.65 Å². The molecule has 5 rings (SSSR count). The number of ketones is 1. The van der Waals surface area contributed by atoms with Gasteiger partial charge in [0.05, 0.1) is 11.4 Å². The Bertz CT molecular complexity index is 1160. The van der Waals surface area contributed by atoms with Gasteiger partial charge in [-0.25, -0.2) is 9.97 Å². The van der Waals surface area contributed by atoms with Gasteiger partial charge < -0.3 is 9.64 Å². The normalized spacial score (nSPS) is 21.3. The van der Waals surface area contributed by atoms with Crippen LogP contribution in [0.25, 0.3) is 5.65 Å². The average molecular weight is 521 g/mol. The van der Waals surface area contributed by atoms with Crippen LogP contribution in [0.2, 0.25) is 0 Å². The number of carbonyl (C=O) groups is 1. The minimum atomic E-state index is -4.34. The number of thiazole rings is 1. The van der Waals surface area contributed by atoms with Gasteiger partial charge in [-0.2, -0.15) is 13.2 Å². The molecule has 6 nitrogen and oxygen atoms in total. The van der Waals surface area contributed by atoms with E-state index in [0.717, 1.165) is 86.5 Å². The van der Waals surface area contributed by atoms with Crippen LogP contribution in [-0.2, 0) is 12.8 Å². The Morgan fingerprint density at radius 1 is 1.11 bits per heavy atom. The van der Waals surface area contributed by atoms with Gasteiger partial charge in [0.25, 0.3) is 5.19 Å². The zero-order valence-electron chi connectivity index (χ0n) is 20.2. The molecule has 0 spiro atoms. The predicted molar refractivity (Wildman–Crippen MR) is 132 cm³/mol. The minimum absolute atomic E-state index is 0.128. The number of rotatable bonds is 8. The molecule has 0 radical (unpaired) electrons. The molecule has 0 unspecified atom stereocenters. The summed E-state index contributed by atoms with van der Waals surface area (Å²) >= 11 is 1.25. The highest BCUT2D eigenvalue weighted by Gasteiger charge is 2.30. The maximum atomic E-state index is 12.9. The highest BCUT2D eigenvalue weighted by molar-refractivity contribution is 7.13. The standard InChI is InChI=1S/C26H31F3N4O2S/c27-26(28,29)17-35-25-31-20-9-13-32(14-10-23(20)36-25)12-8-18-4-6-19(7-5-18)16-22(34)21-2-1-3-24-30-11-15-33(21)24/h1-3,11,15,18-19H,4-10,12-14,16-17H2. The number of carbonyl (C=O) groups excluding carboxylic acids is 1. The van der Waals surface area contributed by atoms with Crippen molar-refractivity contribution >= 4 is 22.8 Å². The molecule has 0 saturated heterocycles. The Kier molecular flexibility index (Phi) is 7.62. The summed E-state index contributed by atoms with van der Waals surface area (Å²) in [5.74, 6) is 1.33. The molecule has 0 N–H and O–H groups in total. The Morgan fingerprint density at radius 2 is 1.89 bits per heavy atom. The zero-order valence-corrected chi connectivity index (χ0v) is 21.0. The number of Topliss-reactive ketones (excluding diaryl/α,β-unsaturated/α-hetero) is 1. The van der Waals surface area contributed by atoms with E-state index in [1.807, 2.05) is 28.8 Å². The van der Waals surface area contributed by atoms with E-state index in [9.17, 15) is 18.0 Å². The third-order valence-electron chi connectivity index (χ3n) is 7.45. The molecule has 0 atom stereocenters. The molecule has 1 aliphatic carbocycles. The highest BCUT2D eigenvalue weighted by atomic mass is 32.1. The molecule has 1 aliphatic heterocycles.